The molecule has 9 heteroatoms. The summed E-state index contributed by atoms with van der Waals surface area (Å²) in [7, 11) is -4.01. The van der Waals surface area contributed by atoms with Crippen molar-refractivity contribution in [2.45, 2.75) is 45.1 Å². The number of benzene rings is 2. The zero-order chi connectivity index (χ0) is 21.8. The first kappa shape index (κ1) is 22.5. The van der Waals surface area contributed by atoms with Crippen LogP contribution < -0.4 is 4.72 Å². The molecule has 2 aromatic rings. The second kappa shape index (κ2) is 9.15. The van der Waals surface area contributed by atoms with Gasteiger partial charge in [0.05, 0.1) is 28.9 Å². The summed E-state index contributed by atoms with van der Waals surface area (Å²) in [5.41, 5.74) is 2.19. The minimum absolute atomic E-state index is 0.127. The summed E-state index contributed by atoms with van der Waals surface area (Å²) in [6, 6.07) is 8.04. The van der Waals surface area contributed by atoms with Gasteiger partial charge in [-0.05, 0) is 44.4 Å². The van der Waals surface area contributed by atoms with Crippen molar-refractivity contribution in [3.05, 3.63) is 68.8 Å². The first-order valence-corrected chi connectivity index (χ1v) is 10.5. The monoisotopic (exact) mass is 420 g/mol. The number of carbonyl (C=O) groups is 1. The fourth-order valence-corrected chi connectivity index (χ4v) is 4.98. The highest BCUT2D eigenvalue weighted by Gasteiger charge is 2.27. The van der Waals surface area contributed by atoms with E-state index in [-0.39, 0.29) is 23.6 Å². The van der Waals surface area contributed by atoms with Crippen molar-refractivity contribution in [2.75, 3.05) is 6.61 Å². The van der Waals surface area contributed by atoms with Crippen LogP contribution in [0.25, 0.3) is 0 Å². The van der Waals surface area contributed by atoms with Crippen molar-refractivity contribution in [3.8, 4) is 0 Å². The smallest absolute Gasteiger partial charge is 0.307 e. The molecule has 2 aromatic carbocycles. The molecule has 0 aliphatic heterocycles. The quantitative estimate of drug-likeness (QED) is 0.397. The fourth-order valence-electron chi connectivity index (χ4n) is 3.31. The lowest BCUT2D eigenvalue weighted by Gasteiger charge is -2.20. The van der Waals surface area contributed by atoms with Crippen molar-refractivity contribution in [1.82, 2.24) is 4.72 Å². The van der Waals surface area contributed by atoms with Gasteiger partial charge in [-0.1, -0.05) is 29.8 Å². The minimum Gasteiger partial charge on any atom is -0.466 e. The largest absolute Gasteiger partial charge is 0.466 e. The molecular formula is C20H24N2O6S. The molecule has 29 heavy (non-hydrogen) atoms. The van der Waals surface area contributed by atoms with Gasteiger partial charge in [-0.3, -0.25) is 14.9 Å². The number of carbonyl (C=O) groups excluding carboxylic acids is 1. The third-order valence-corrected chi connectivity index (χ3v) is 6.11. The molecule has 2 rings (SSSR count). The standard InChI is InChI=1S/C20H24N2O6S/c1-5-28-19(23)12-18(16-7-6-8-17(11-16)22(24)25)21-29(26,27)20-14(3)9-13(2)10-15(20)4/h6-11,18,21H,5,12H2,1-4H3/t18-/m0/s1. The van der Waals surface area contributed by atoms with Crippen LogP contribution in [0.15, 0.2) is 41.3 Å². The molecule has 0 aliphatic carbocycles. The van der Waals surface area contributed by atoms with Crippen LogP contribution in [0, 0.1) is 30.9 Å². The van der Waals surface area contributed by atoms with E-state index in [0.29, 0.717) is 16.7 Å². The third kappa shape index (κ3) is 5.61. The van der Waals surface area contributed by atoms with Crippen LogP contribution in [0.4, 0.5) is 5.69 Å². The number of rotatable bonds is 8. The predicted molar refractivity (Wildman–Crippen MR) is 108 cm³/mol. The summed E-state index contributed by atoms with van der Waals surface area (Å²) in [6.45, 7) is 7.05. The first-order valence-electron chi connectivity index (χ1n) is 9.05. The predicted octanol–water partition coefficient (Wildman–Crippen LogP) is 3.49. The molecule has 156 valence electrons. The molecule has 0 fully saturated rings. The van der Waals surface area contributed by atoms with E-state index in [2.05, 4.69) is 4.72 Å². The number of nitro benzene ring substituents is 1. The van der Waals surface area contributed by atoms with Crippen LogP contribution in [0.5, 0.6) is 0 Å². The molecule has 0 radical (unpaired) electrons. The molecule has 1 N–H and O–H groups in total. The average molecular weight is 420 g/mol. The van der Waals surface area contributed by atoms with E-state index < -0.39 is 27.0 Å². The molecule has 0 bridgehead atoms. The van der Waals surface area contributed by atoms with E-state index >= 15 is 0 Å². The van der Waals surface area contributed by atoms with E-state index in [1.165, 1.54) is 24.3 Å². The fraction of sp³-hybridized carbons (Fsp3) is 0.350. The summed E-state index contributed by atoms with van der Waals surface area (Å²) in [6.07, 6.45) is -0.293. The van der Waals surface area contributed by atoms with Crippen LogP contribution in [0.2, 0.25) is 0 Å². The highest BCUT2D eigenvalue weighted by atomic mass is 32.2. The number of aryl methyl sites for hydroxylation is 3. The Balaban J connectivity index is 2.48. The molecule has 0 unspecified atom stereocenters. The lowest BCUT2D eigenvalue weighted by molar-refractivity contribution is -0.384. The molecule has 8 nitrogen and oxygen atoms in total. The van der Waals surface area contributed by atoms with Crippen LogP contribution >= 0.6 is 0 Å². The van der Waals surface area contributed by atoms with Crippen molar-refractivity contribution < 1.29 is 22.9 Å². The lowest BCUT2D eigenvalue weighted by Crippen LogP contribution is -2.31. The second-order valence-electron chi connectivity index (χ2n) is 6.76. The molecule has 1 atom stereocenters. The Morgan fingerprint density at radius 2 is 1.79 bits per heavy atom. The number of sulfonamides is 1. The van der Waals surface area contributed by atoms with Gasteiger partial charge in [-0.2, -0.15) is 0 Å². The Hall–Kier alpha value is -2.78. The molecule has 0 spiro atoms. The van der Waals surface area contributed by atoms with Crippen molar-refractivity contribution in [1.29, 1.82) is 0 Å². The van der Waals surface area contributed by atoms with Gasteiger partial charge < -0.3 is 4.74 Å². The number of ether oxygens (including phenoxy) is 1. The Morgan fingerprint density at radius 1 is 1.17 bits per heavy atom. The van der Waals surface area contributed by atoms with Crippen molar-refractivity contribution in [3.63, 3.8) is 0 Å². The maximum atomic E-state index is 13.1. The number of nitrogens with one attached hydrogen (secondary N) is 1. The lowest BCUT2D eigenvalue weighted by atomic mass is 10.0. The highest BCUT2D eigenvalue weighted by molar-refractivity contribution is 7.89. The minimum atomic E-state index is -4.01. The van der Waals surface area contributed by atoms with Gasteiger partial charge in [0.15, 0.2) is 0 Å². The van der Waals surface area contributed by atoms with Crippen molar-refractivity contribution in [2.24, 2.45) is 0 Å². The SMILES string of the molecule is CCOC(=O)C[C@H](NS(=O)(=O)c1c(C)cc(C)cc1C)c1cccc([N+](=O)[O-])c1. The summed E-state index contributed by atoms with van der Waals surface area (Å²) < 4.78 is 33.7. The van der Waals surface area contributed by atoms with E-state index in [1.54, 1.807) is 32.9 Å². The molecule has 0 saturated heterocycles. The Morgan fingerprint density at radius 3 is 2.34 bits per heavy atom. The van der Waals surface area contributed by atoms with Gasteiger partial charge in [0, 0.05) is 12.1 Å². The third-order valence-electron chi connectivity index (χ3n) is 4.33. The van der Waals surface area contributed by atoms with Gasteiger partial charge in [0.25, 0.3) is 5.69 Å². The number of hydrogen-bond acceptors (Lipinski definition) is 6. The van der Waals surface area contributed by atoms with Gasteiger partial charge in [0.2, 0.25) is 10.0 Å². The second-order valence-corrected chi connectivity index (χ2v) is 8.41. The summed E-state index contributed by atoms with van der Waals surface area (Å²) in [5, 5.41) is 11.1. The van der Waals surface area contributed by atoms with Crippen molar-refractivity contribution >= 4 is 21.7 Å². The number of hydrogen-bond donors (Lipinski definition) is 1. The molecule has 0 heterocycles. The van der Waals surface area contributed by atoms with Crippen LogP contribution in [0.3, 0.4) is 0 Å². The van der Waals surface area contributed by atoms with Gasteiger partial charge >= 0.3 is 5.97 Å². The maximum Gasteiger partial charge on any atom is 0.307 e. The Labute approximate surface area is 170 Å². The number of non-ortho nitro benzene ring substituents is 1. The summed E-state index contributed by atoms with van der Waals surface area (Å²) in [5.74, 6) is -0.607. The number of nitro groups is 1. The van der Waals surface area contributed by atoms with Gasteiger partial charge in [0.1, 0.15) is 0 Å². The van der Waals surface area contributed by atoms with Crippen LogP contribution in [-0.4, -0.2) is 25.9 Å². The van der Waals surface area contributed by atoms with Crippen LogP contribution in [-0.2, 0) is 19.6 Å². The summed E-state index contributed by atoms with van der Waals surface area (Å²) in [4.78, 5) is 22.7. The van der Waals surface area contributed by atoms with Crippen LogP contribution in [0.1, 0.15) is 41.6 Å². The topological polar surface area (TPSA) is 116 Å². The molecular weight excluding hydrogens is 396 g/mol. The van der Waals surface area contributed by atoms with E-state index in [1.807, 2.05) is 6.92 Å². The summed E-state index contributed by atoms with van der Waals surface area (Å²) >= 11 is 0. The van der Waals surface area contributed by atoms with E-state index in [4.69, 9.17) is 4.74 Å². The molecule has 0 saturated carbocycles. The zero-order valence-corrected chi connectivity index (χ0v) is 17.6. The van der Waals surface area contributed by atoms with Gasteiger partial charge in [-0.25, -0.2) is 13.1 Å². The highest BCUT2D eigenvalue weighted by Crippen LogP contribution is 2.27. The average Bonchev–Trinajstić information content (AvgIpc) is 2.60. The Kier molecular flexibility index (Phi) is 7.10. The van der Waals surface area contributed by atoms with E-state index in [9.17, 15) is 23.3 Å². The number of nitrogens with zero attached hydrogens (tertiary/aromatic N) is 1. The molecule has 0 aromatic heterocycles. The Bertz CT molecular complexity index is 1010. The number of esters is 1. The zero-order valence-electron chi connectivity index (χ0n) is 16.8. The maximum absolute atomic E-state index is 13.1. The van der Waals surface area contributed by atoms with E-state index in [0.717, 1.165) is 5.56 Å². The normalized spacial score (nSPS) is 12.4. The molecule has 0 amide bonds. The molecule has 0 aliphatic rings. The van der Waals surface area contributed by atoms with Gasteiger partial charge in [-0.15, -0.1) is 0 Å². The first-order chi connectivity index (χ1) is 13.5.